The SMILES string of the molecule is CC(C)c1nc(N2CC3CCCCN3CC2C)sc1CO. The molecule has 1 N–H and O–H groups in total. The van der Waals surface area contributed by atoms with Crippen LogP contribution < -0.4 is 4.90 Å². The van der Waals surface area contributed by atoms with E-state index in [0.717, 1.165) is 28.8 Å². The van der Waals surface area contributed by atoms with Gasteiger partial charge in [-0.05, 0) is 32.2 Å². The molecular weight excluding hydrogens is 282 g/mol. The molecule has 3 rings (SSSR count). The van der Waals surface area contributed by atoms with E-state index in [9.17, 15) is 5.11 Å². The van der Waals surface area contributed by atoms with Crippen molar-refractivity contribution in [2.24, 2.45) is 0 Å². The molecule has 2 fully saturated rings. The van der Waals surface area contributed by atoms with Crippen molar-refractivity contribution in [2.75, 3.05) is 24.5 Å². The number of piperazine rings is 1. The molecule has 2 saturated heterocycles. The van der Waals surface area contributed by atoms with E-state index < -0.39 is 0 Å². The van der Waals surface area contributed by atoms with Crippen LogP contribution in [0.4, 0.5) is 5.13 Å². The number of aliphatic hydroxyl groups excluding tert-OH is 1. The van der Waals surface area contributed by atoms with Crippen molar-refractivity contribution in [3.05, 3.63) is 10.6 Å². The maximum absolute atomic E-state index is 9.58. The van der Waals surface area contributed by atoms with Gasteiger partial charge in [-0.15, -0.1) is 0 Å². The van der Waals surface area contributed by atoms with E-state index in [4.69, 9.17) is 4.98 Å². The summed E-state index contributed by atoms with van der Waals surface area (Å²) in [6.07, 6.45) is 4.03. The molecule has 21 heavy (non-hydrogen) atoms. The van der Waals surface area contributed by atoms with E-state index in [1.54, 1.807) is 11.3 Å². The van der Waals surface area contributed by atoms with E-state index in [0.29, 0.717) is 18.0 Å². The second kappa shape index (κ2) is 6.23. The van der Waals surface area contributed by atoms with Gasteiger partial charge in [0.1, 0.15) is 0 Å². The smallest absolute Gasteiger partial charge is 0.186 e. The number of hydrogen-bond donors (Lipinski definition) is 1. The molecule has 5 heteroatoms. The Morgan fingerprint density at radius 1 is 1.33 bits per heavy atom. The zero-order valence-corrected chi connectivity index (χ0v) is 14.2. The van der Waals surface area contributed by atoms with Crippen LogP contribution >= 0.6 is 11.3 Å². The molecule has 1 aromatic rings. The molecule has 4 nitrogen and oxygen atoms in total. The minimum absolute atomic E-state index is 0.114. The number of rotatable bonds is 3. The highest BCUT2D eigenvalue weighted by atomic mass is 32.1. The van der Waals surface area contributed by atoms with Gasteiger partial charge in [-0.1, -0.05) is 31.6 Å². The summed E-state index contributed by atoms with van der Waals surface area (Å²) < 4.78 is 0. The van der Waals surface area contributed by atoms with E-state index in [1.807, 2.05) is 0 Å². The monoisotopic (exact) mass is 309 g/mol. The maximum Gasteiger partial charge on any atom is 0.186 e. The van der Waals surface area contributed by atoms with Crippen LogP contribution in [0.25, 0.3) is 0 Å². The Balaban J connectivity index is 1.82. The number of aromatic nitrogens is 1. The normalized spacial score (nSPS) is 27.2. The summed E-state index contributed by atoms with van der Waals surface area (Å²) in [7, 11) is 0. The molecule has 2 aliphatic heterocycles. The van der Waals surface area contributed by atoms with Gasteiger partial charge in [0.05, 0.1) is 17.2 Å². The second-order valence-electron chi connectivity index (χ2n) is 6.76. The van der Waals surface area contributed by atoms with Crippen LogP contribution in [0.1, 0.15) is 56.5 Å². The van der Waals surface area contributed by atoms with Crippen LogP contribution in [0.2, 0.25) is 0 Å². The topological polar surface area (TPSA) is 39.6 Å². The molecule has 0 amide bonds. The highest BCUT2D eigenvalue weighted by Crippen LogP contribution is 2.34. The van der Waals surface area contributed by atoms with Gasteiger partial charge in [0.2, 0.25) is 0 Å². The molecule has 0 radical (unpaired) electrons. The average Bonchev–Trinajstić information content (AvgIpc) is 2.90. The fraction of sp³-hybridized carbons (Fsp3) is 0.812. The number of aliphatic hydroxyl groups is 1. The van der Waals surface area contributed by atoms with Crippen LogP contribution in [0.3, 0.4) is 0 Å². The molecule has 2 atom stereocenters. The van der Waals surface area contributed by atoms with Gasteiger partial charge in [0.15, 0.2) is 5.13 Å². The highest BCUT2D eigenvalue weighted by Gasteiger charge is 2.34. The van der Waals surface area contributed by atoms with E-state index >= 15 is 0 Å². The first-order valence-corrected chi connectivity index (χ1v) is 9.03. The Morgan fingerprint density at radius 3 is 2.81 bits per heavy atom. The van der Waals surface area contributed by atoms with Crippen molar-refractivity contribution >= 4 is 16.5 Å². The number of anilines is 1. The first-order valence-electron chi connectivity index (χ1n) is 8.21. The van der Waals surface area contributed by atoms with Crippen molar-refractivity contribution < 1.29 is 5.11 Å². The van der Waals surface area contributed by atoms with Gasteiger partial charge in [0, 0.05) is 25.2 Å². The van der Waals surface area contributed by atoms with Crippen LogP contribution in [0.5, 0.6) is 0 Å². The van der Waals surface area contributed by atoms with Gasteiger partial charge >= 0.3 is 0 Å². The molecule has 3 heterocycles. The Morgan fingerprint density at radius 2 is 2.14 bits per heavy atom. The molecule has 0 spiro atoms. The highest BCUT2D eigenvalue weighted by molar-refractivity contribution is 7.15. The summed E-state index contributed by atoms with van der Waals surface area (Å²) in [5, 5.41) is 10.7. The van der Waals surface area contributed by atoms with Crippen LogP contribution in [-0.4, -0.2) is 46.7 Å². The van der Waals surface area contributed by atoms with Crippen molar-refractivity contribution in [3.63, 3.8) is 0 Å². The molecule has 2 aliphatic rings. The largest absolute Gasteiger partial charge is 0.391 e. The fourth-order valence-corrected chi connectivity index (χ4v) is 4.84. The van der Waals surface area contributed by atoms with Crippen molar-refractivity contribution in [2.45, 2.75) is 64.6 Å². The van der Waals surface area contributed by atoms with Gasteiger partial charge < -0.3 is 10.0 Å². The van der Waals surface area contributed by atoms with Crippen LogP contribution in [0, 0.1) is 0 Å². The molecule has 1 aromatic heterocycles. The van der Waals surface area contributed by atoms with Crippen LogP contribution in [-0.2, 0) is 6.61 Å². The number of hydrogen-bond acceptors (Lipinski definition) is 5. The molecule has 0 aliphatic carbocycles. The van der Waals surface area contributed by atoms with Crippen LogP contribution in [0.15, 0.2) is 0 Å². The zero-order valence-electron chi connectivity index (χ0n) is 13.4. The standard InChI is InChI=1S/C16H27N3OS/c1-11(2)15-14(10-20)21-16(17-15)19-9-13-6-4-5-7-18(13)8-12(19)3/h11-13,20H,4-10H2,1-3H3. The third kappa shape index (κ3) is 2.96. The predicted molar refractivity (Wildman–Crippen MR) is 88.1 cm³/mol. The third-order valence-electron chi connectivity index (χ3n) is 4.84. The third-order valence-corrected chi connectivity index (χ3v) is 5.93. The van der Waals surface area contributed by atoms with Gasteiger partial charge in [-0.2, -0.15) is 0 Å². The lowest BCUT2D eigenvalue weighted by atomic mass is 9.97. The Labute approximate surface area is 131 Å². The maximum atomic E-state index is 9.58. The fourth-order valence-electron chi connectivity index (χ4n) is 3.66. The number of fused-ring (bicyclic) bond motifs is 1. The predicted octanol–water partition coefficient (Wildman–Crippen LogP) is 2.82. The first-order chi connectivity index (χ1) is 10.1. The summed E-state index contributed by atoms with van der Waals surface area (Å²) in [4.78, 5) is 11.0. The summed E-state index contributed by atoms with van der Waals surface area (Å²) in [5.41, 5.74) is 1.08. The number of thiazole rings is 1. The molecule has 0 aromatic carbocycles. The lowest BCUT2D eigenvalue weighted by molar-refractivity contribution is 0.115. The summed E-state index contributed by atoms with van der Waals surface area (Å²) in [6, 6.07) is 1.20. The van der Waals surface area contributed by atoms with Crippen molar-refractivity contribution in [3.8, 4) is 0 Å². The molecular formula is C16H27N3OS. The van der Waals surface area contributed by atoms with Gasteiger partial charge in [-0.25, -0.2) is 4.98 Å². The molecule has 0 bridgehead atoms. The van der Waals surface area contributed by atoms with E-state index in [2.05, 4.69) is 30.6 Å². The molecule has 0 saturated carbocycles. The Hall–Kier alpha value is -0.650. The summed E-state index contributed by atoms with van der Waals surface area (Å²) in [6.45, 7) is 10.2. The van der Waals surface area contributed by atoms with E-state index in [-0.39, 0.29) is 6.61 Å². The van der Waals surface area contributed by atoms with Crippen molar-refractivity contribution in [1.29, 1.82) is 0 Å². The van der Waals surface area contributed by atoms with E-state index in [1.165, 1.54) is 25.8 Å². The Bertz CT molecular complexity index is 488. The number of nitrogens with zero attached hydrogens (tertiary/aromatic N) is 3. The quantitative estimate of drug-likeness (QED) is 0.932. The lowest BCUT2D eigenvalue weighted by Crippen LogP contribution is -2.58. The summed E-state index contributed by atoms with van der Waals surface area (Å²) in [5.74, 6) is 0.378. The van der Waals surface area contributed by atoms with Gasteiger partial charge in [0.25, 0.3) is 0 Å². The summed E-state index contributed by atoms with van der Waals surface area (Å²) >= 11 is 1.68. The van der Waals surface area contributed by atoms with Crippen molar-refractivity contribution in [1.82, 2.24) is 9.88 Å². The second-order valence-corrected chi connectivity index (χ2v) is 7.83. The number of piperidine rings is 1. The minimum atomic E-state index is 0.114. The molecule has 118 valence electrons. The first kappa shape index (κ1) is 15.3. The average molecular weight is 309 g/mol. The lowest BCUT2D eigenvalue weighted by Gasteiger charge is -2.47. The Kier molecular flexibility index (Phi) is 4.52. The zero-order chi connectivity index (χ0) is 15.0. The minimum Gasteiger partial charge on any atom is -0.391 e. The van der Waals surface area contributed by atoms with Gasteiger partial charge in [-0.3, -0.25) is 4.90 Å². The molecule has 2 unspecified atom stereocenters.